The molecule has 0 saturated heterocycles. The lowest BCUT2D eigenvalue weighted by molar-refractivity contribution is -0.00251. The summed E-state index contributed by atoms with van der Waals surface area (Å²) in [6, 6.07) is 0. The highest BCUT2D eigenvalue weighted by atomic mass is 16.5. The second kappa shape index (κ2) is 9.58. The molecule has 0 rings (SSSR count). The van der Waals surface area contributed by atoms with Gasteiger partial charge in [-0.25, -0.2) is 0 Å². The first-order chi connectivity index (χ1) is 8.24. The molecule has 0 radical (unpaired) electrons. The Bertz CT molecular complexity index is 299. The Morgan fingerprint density at radius 3 is 1.88 bits per heavy atom. The molecule has 4 heteroatoms. The van der Waals surface area contributed by atoms with Crippen LogP contribution in [-0.4, -0.2) is 45.6 Å². The molecule has 0 fully saturated rings. The fourth-order valence-corrected chi connectivity index (χ4v) is 1.13. The fourth-order valence-electron chi connectivity index (χ4n) is 1.13. The number of hydrogen-bond donors (Lipinski definition) is 1. The Hall–Kier alpha value is -1.64. The summed E-state index contributed by atoms with van der Waals surface area (Å²) < 4.78 is 15.5. The molecule has 0 heterocycles. The summed E-state index contributed by atoms with van der Waals surface area (Å²) in [7, 11) is 1.76. The van der Waals surface area contributed by atoms with E-state index in [1.165, 1.54) is 0 Å². The molecule has 0 amide bonds. The SMILES string of the molecule is C#CCOCC(COC#C)(COCC#C)NC. The van der Waals surface area contributed by atoms with Gasteiger partial charge in [0.1, 0.15) is 31.5 Å². The highest BCUT2D eigenvalue weighted by Gasteiger charge is 2.30. The fraction of sp³-hybridized carbons (Fsp3) is 0.538. The molecule has 17 heavy (non-hydrogen) atoms. The van der Waals surface area contributed by atoms with Gasteiger partial charge >= 0.3 is 0 Å². The minimum Gasteiger partial charge on any atom is -0.445 e. The van der Waals surface area contributed by atoms with Crippen molar-refractivity contribution in [3.05, 3.63) is 0 Å². The highest BCUT2D eigenvalue weighted by Crippen LogP contribution is 2.07. The number of likely N-dealkylation sites (N-methyl/N-ethyl adjacent to an activating group) is 1. The largest absolute Gasteiger partial charge is 0.445 e. The molecule has 0 unspecified atom stereocenters. The number of rotatable bonds is 9. The molecule has 0 spiro atoms. The van der Waals surface area contributed by atoms with E-state index in [0.717, 1.165) is 0 Å². The molecule has 0 aliphatic carbocycles. The summed E-state index contributed by atoms with van der Waals surface area (Å²) in [4.78, 5) is 0. The van der Waals surface area contributed by atoms with Gasteiger partial charge in [0.05, 0.1) is 13.2 Å². The summed E-state index contributed by atoms with van der Waals surface area (Å²) in [5.74, 6) is 4.77. The van der Waals surface area contributed by atoms with Crippen LogP contribution in [0, 0.1) is 37.2 Å². The lowest BCUT2D eigenvalue weighted by Gasteiger charge is -2.31. The summed E-state index contributed by atoms with van der Waals surface area (Å²) >= 11 is 0. The zero-order valence-electron chi connectivity index (χ0n) is 9.99. The molecule has 0 atom stereocenters. The van der Waals surface area contributed by atoms with Gasteiger partial charge in [-0.3, -0.25) is 0 Å². The second-order valence-electron chi connectivity index (χ2n) is 3.33. The summed E-state index contributed by atoms with van der Waals surface area (Å²) in [5, 5.41) is 3.06. The van der Waals surface area contributed by atoms with Crippen molar-refractivity contribution < 1.29 is 14.2 Å². The maximum Gasteiger partial charge on any atom is 0.123 e. The third-order valence-electron chi connectivity index (χ3n) is 2.09. The standard InChI is InChI=1S/C13H17NO3/c1-5-8-16-11-13(14-4,10-15-7-3)12-17-9-6-2/h1-3,14H,8-12H2,4H3. The van der Waals surface area contributed by atoms with Crippen molar-refractivity contribution >= 4 is 0 Å². The molecule has 0 aliphatic rings. The van der Waals surface area contributed by atoms with Gasteiger partial charge in [-0.2, -0.15) is 0 Å². The van der Waals surface area contributed by atoms with Crippen LogP contribution < -0.4 is 5.32 Å². The molecular weight excluding hydrogens is 218 g/mol. The van der Waals surface area contributed by atoms with E-state index in [-0.39, 0.29) is 19.8 Å². The van der Waals surface area contributed by atoms with Crippen molar-refractivity contribution in [3.63, 3.8) is 0 Å². The molecule has 0 aromatic heterocycles. The van der Waals surface area contributed by atoms with Crippen LogP contribution in [0.5, 0.6) is 0 Å². The Morgan fingerprint density at radius 1 is 1.00 bits per heavy atom. The summed E-state index contributed by atoms with van der Waals surface area (Å²) in [6.45, 7) is 1.32. The highest BCUT2D eigenvalue weighted by molar-refractivity contribution is 4.92. The number of hydrogen-bond acceptors (Lipinski definition) is 4. The molecule has 0 bridgehead atoms. The van der Waals surface area contributed by atoms with Crippen LogP contribution in [0.15, 0.2) is 0 Å². The van der Waals surface area contributed by atoms with E-state index in [2.05, 4.69) is 23.3 Å². The van der Waals surface area contributed by atoms with E-state index in [1.807, 2.05) is 0 Å². The smallest absolute Gasteiger partial charge is 0.123 e. The van der Waals surface area contributed by atoms with Crippen molar-refractivity contribution in [1.82, 2.24) is 5.32 Å². The maximum atomic E-state index is 5.29. The van der Waals surface area contributed by atoms with Crippen molar-refractivity contribution in [2.75, 3.05) is 40.1 Å². The second-order valence-corrected chi connectivity index (χ2v) is 3.33. The normalized spacial score (nSPS) is 10.0. The van der Waals surface area contributed by atoms with Crippen LogP contribution in [0.3, 0.4) is 0 Å². The van der Waals surface area contributed by atoms with E-state index in [0.29, 0.717) is 13.2 Å². The van der Waals surface area contributed by atoms with Gasteiger partial charge in [0.25, 0.3) is 0 Å². The predicted molar refractivity (Wildman–Crippen MR) is 65.9 cm³/mol. The van der Waals surface area contributed by atoms with Crippen LogP contribution in [-0.2, 0) is 14.2 Å². The maximum absolute atomic E-state index is 5.29. The van der Waals surface area contributed by atoms with E-state index in [9.17, 15) is 0 Å². The van der Waals surface area contributed by atoms with Crippen molar-refractivity contribution in [1.29, 1.82) is 0 Å². The number of terminal acetylenes is 3. The van der Waals surface area contributed by atoms with Gasteiger partial charge < -0.3 is 19.5 Å². The predicted octanol–water partition coefficient (Wildman–Crippen LogP) is -0.148. The minimum atomic E-state index is -0.555. The molecule has 1 N–H and O–H groups in total. The van der Waals surface area contributed by atoms with Gasteiger partial charge in [0.2, 0.25) is 0 Å². The molecule has 92 valence electrons. The van der Waals surface area contributed by atoms with Gasteiger partial charge in [0.15, 0.2) is 0 Å². The summed E-state index contributed by atoms with van der Waals surface area (Å²) in [5.41, 5.74) is -0.555. The Balaban J connectivity index is 4.35. The van der Waals surface area contributed by atoms with Crippen molar-refractivity contribution in [2.24, 2.45) is 0 Å². The van der Waals surface area contributed by atoms with E-state index < -0.39 is 5.54 Å². The Kier molecular flexibility index (Phi) is 8.65. The summed E-state index contributed by atoms with van der Waals surface area (Å²) in [6.07, 6.45) is 17.4. The molecule has 0 saturated carbocycles. The van der Waals surface area contributed by atoms with Crippen LogP contribution >= 0.6 is 0 Å². The first kappa shape index (κ1) is 15.4. The lowest BCUT2D eigenvalue weighted by Crippen LogP contribution is -2.54. The van der Waals surface area contributed by atoms with Gasteiger partial charge in [0, 0.05) is 0 Å². The van der Waals surface area contributed by atoms with Crippen molar-refractivity contribution in [2.45, 2.75) is 5.54 Å². The van der Waals surface area contributed by atoms with E-state index >= 15 is 0 Å². The van der Waals surface area contributed by atoms with Crippen molar-refractivity contribution in [3.8, 4) is 37.2 Å². The van der Waals surface area contributed by atoms with Crippen LogP contribution in [0.4, 0.5) is 0 Å². The molecule has 0 aliphatic heterocycles. The minimum absolute atomic E-state index is 0.217. The van der Waals surface area contributed by atoms with Gasteiger partial charge in [-0.1, -0.05) is 18.3 Å². The molecular formula is C13H17NO3. The molecule has 0 aromatic carbocycles. The topological polar surface area (TPSA) is 39.7 Å². The lowest BCUT2D eigenvalue weighted by atomic mass is 10.0. The van der Waals surface area contributed by atoms with E-state index in [4.69, 9.17) is 33.5 Å². The number of ether oxygens (including phenoxy) is 3. The number of nitrogens with one attached hydrogen (secondary N) is 1. The quantitative estimate of drug-likeness (QED) is 0.446. The third kappa shape index (κ3) is 6.51. The average molecular weight is 235 g/mol. The average Bonchev–Trinajstić information content (AvgIpc) is 2.36. The monoisotopic (exact) mass is 235 g/mol. The van der Waals surface area contributed by atoms with Gasteiger partial charge in [-0.05, 0) is 7.05 Å². The zero-order valence-corrected chi connectivity index (χ0v) is 9.99. The first-order valence-electron chi connectivity index (χ1n) is 5.03. The zero-order chi connectivity index (χ0) is 13.0. The van der Waals surface area contributed by atoms with Crippen LogP contribution in [0.1, 0.15) is 0 Å². The first-order valence-corrected chi connectivity index (χ1v) is 5.03. The molecule has 0 aromatic rings. The Morgan fingerprint density at radius 2 is 1.53 bits per heavy atom. The third-order valence-corrected chi connectivity index (χ3v) is 2.09. The van der Waals surface area contributed by atoms with E-state index in [1.54, 1.807) is 7.05 Å². The Labute approximate surface area is 103 Å². The van der Waals surface area contributed by atoms with Crippen LogP contribution in [0.25, 0.3) is 0 Å². The van der Waals surface area contributed by atoms with Crippen LogP contribution in [0.2, 0.25) is 0 Å². The molecule has 4 nitrogen and oxygen atoms in total. The van der Waals surface area contributed by atoms with Gasteiger partial charge in [-0.15, -0.1) is 12.8 Å².